The number of nitrogens with zero attached hydrogens (tertiary/aromatic N) is 2. The Morgan fingerprint density at radius 3 is 2.64 bits per heavy atom. The van der Waals surface area contributed by atoms with Gasteiger partial charge in [-0.15, -0.1) is 0 Å². The van der Waals surface area contributed by atoms with Crippen molar-refractivity contribution in [2.75, 3.05) is 13.2 Å². The number of hydrogen-bond donors (Lipinski definition) is 0. The van der Waals surface area contributed by atoms with Gasteiger partial charge in [-0.3, -0.25) is 4.79 Å². The van der Waals surface area contributed by atoms with E-state index in [0.717, 1.165) is 24.9 Å². The van der Waals surface area contributed by atoms with Crippen LogP contribution in [0, 0.1) is 19.8 Å². The van der Waals surface area contributed by atoms with Gasteiger partial charge in [-0.05, 0) is 76.0 Å². The number of aromatic nitrogens is 1. The van der Waals surface area contributed by atoms with Crippen LogP contribution in [0.4, 0.5) is 0 Å². The van der Waals surface area contributed by atoms with Gasteiger partial charge in [-0.1, -0.05) is 12.8 Å². The minimum absolute atomic E-state index is 0.0368. The Morgan fingerprint density at radius 1 is 1.11 bits per heavy atom. The number of esters is 1. The average molecular weight is 385 g/mol. The third kappa shape index (κ3) is 4.03. The lowest BCUT2D eigenvalue weighted by Crippen LogP contribution is -2.50. The van der Waals surface area contributed by atoms with Crippen LogP contribution in [0.3, 0.4) is 0 Å². The highest BCUT2D eigenvalue weighted by atomic mass is 16.5. The maximum absolute atomic E-state index is 12.6. The first-order chi connectivity index (χ1) is 13.5. The number of aryl methyl sites for hydroxylation is 1. The Kier molecular flexibility index (Phi) is 5.61. The minimum atomic E-state index is -0.443. The van der Waals surface area contributed by atoms with Crippen LogP contribution in [0.5, 0.6) is 0 Å². The number of amides is 1. The number of likely N-dealkylation sites (tertiary alicyclic amines) is 1. The van der Waals surface area contributed by atoms with Crippen LogP contribution < -0.4 is 0 Å². The topological polar surface area (TPSA) is 51.5 Å². The van der Waals surface area contributed by atoms with Crippen molar-refractivity contribution in [3.8, 4) is 0 Å². The summed E-state index contributed by atoms with van der Waals surface area (Å²) in [6.07, 6.45) is 12.9. The molecule has 2 atom stereocenters. The van der Waals surface area contributed by atoms with E-state index >= 15 is 0 Å². The monoisotopic (exact) mass is 384 g/mol. The smallest absolute Gasteiger partial charge is 0.331 e. The van der Waals surface area contributed by atoms with Crippen molar-refractivity contribution in [2.24, 2.45) is 5.92 Å². The lowest BCUT2D eigenvalue weighted by atomic mass is 9.78. The van der Waals surface area contributed by atoms with Crippen LogP contribution in [0.25, 0.3) is 6.08 Å². The molecule has 28 heavy (non-hydrogen) atoms. The Bertz CT molecular complexity index is 773. The number of carbonyl (C=O) groups excluding carboxylic acids is 2. The van der Waals surface area contributed by atoms with Crippen LogP contribution in [-0.2, 0) is 14.3 Å². The summed E-state index contributed by atoms with van der Waals surface area (Å²) in [5.74, 6) is 0.163. The minimum Gasteiger partial charge on any atom is -0.452 e. The Labute approximate surface area is 167 Å². The van der Waals surface area contributed by atoms with Gasteiger partial charge in [0.05, 0.1) is 0 Å². The molecule has 0 unspecified atom stereocenters. The predicted molar refractivity (Wildman–Crippen MR) is 109 cm³/mol. The number of rotatable bonds is 5. The van der Waals surface area contributed by atoms with E-state index in [2.05, 4.69) is 24.5 Å². The van der Waals surface area contributed by atoms with E-state index in [4.69, 9.17) is 4.74 Å². The van der Waals surface area contributed by atoms with Crippen molar-refractivity contribution < 1.29 is 14.3 Å². The Morgan fingerprint density at radius 2 is 1.86 bits per heavy atom. The molecule has 2 saturated carbocycles. The third-order valence-electron chi connectivity index (χ3n) is 6.74. The summed E-state index contributed by atoms with van der Waals surface area (Å²) >= 11 is 0. The highest BCUT2D eigenvalue weighted by Gasteiger charge is 2.35. The van der Waals surface area contributed by atoms with Gasteiger partial charge in [0.15, 0.2) is 6.61 Å². The van der Waals surface area contributed by atoms with E-state index < -0.39 is 5.97 Å². The van der Waals surface area contributed by atoms with Gasteiger partial charge >= 0.3 is 5.97 Å². The van der Waals surface area contributed by atoms with Gasteiger partial charge in [0.1, 0.15) is 0 Å². The molecule has 0 spiro atoms. The average Bonchev–Trinajstić information content (AvgIpc) is 3.49. The molecule has 5 heteroatoms. The first-order valence-corrected chi connectivity index (χ1v) is 10.9. The lowest BCUT2D eigenvalue weighted by Gasteiger charge is -2.44. The molecule has 1 aliphatic heterocycles. The quantitative estimate of drug-likeness (QED) is 0.565. The van der Waals surface area contributed by atoms with Crippen molar-refractivity contribution in [3.05, 3.63) is 29.1 Å². The van der Waals surface area contributed by atoms with E-state index in [1.54, 1.807) is 0 Å². The molecule has 0 radical (unpaired) electrons. The summed E-state index contributed by atoms with van der Waals surface area (Å²) in [5, 5.41) is 0. The first kappa shape index (κ1) is 19.3. The molecular formula is C23H32N2O3. The van der Waals surface area contributed by atoms with Crippen LogP contribution in [0.2, 0.25) is 0 Å². The molecule has 0 aromatic carbocycles. The normalized spacial score (nSPS) is 25.0. The molecule has 1 saturated heterocycles. The highest BCUT2D eigenvalue weighted by molar-refractivity contribution is 5.89. The largest absolute Gasteiger partial charge is 0.452 e. The molecule has 2 aliphatic carbocycles. The Balaban J connectivity index is 1.31. The summed E-state index contributed by atoms with van der Waals surface area (Å²) in [5.41, 5.74) is 3.47. The molecule has 3 fully saturated rings. The molecule has 1 aromatic rings. The fraction of sp³-hybridized carbons (Fsp3) is 0.652. The van der Waals surface area contributed by atoms with Gasteiger partial charge in [-0.25, -0.2) is 4.79 Å². The molecule has 2 heterocycles. The van der Waals surface area contributed by atoms with E-state index in [9.17, 15) is 9.59 Å². The Hall–Kier alpha value is -2.04. The van der Waals surface area contributed by atoms with Crippen LogP contribution in [0.15, 0.2) is 12.1 Å². The second-order valence-corrected chi connectivity index (χ2v) is 8.71. The van der Waals surface area contributed by atoms with Gasteiger partial charge in [0, 0.05) is 36.1 Å². The number of hydrogen-bond acceptors (Lipinski definition) is 3. The van der Waals surface area contributed by atoms with Crippen LogP contribution in [0.1, 0.15) is 74.4 Å². The standard InChI is InChI=1S/C23H32N2O3/c1-16-14-19(17(2)25(16)20-10-11-20)9-12-23(27)28-15-22(26)24-13-5-7-18-6-3-4-8-21(18)24/h9,12,14,18,20-21H,3-8,10-11,13,15H2,1-2H3/b12-9+/t18-,21+/m0/s1. The van der Waals surface area contributed by atoms with Gasteiger partial charge < -0.3 is 14.2 Å². The number of fused-ring (bicyclic) bond motifs is 1. The summed E-state index contributed by atoms with van der Waals surface area (Å²) in [7, 11) is 0. The zero-order valence-electron chi connectivity index (χ0n) is 17.2. The molecule has 1 amide bonds. The molecule has 0 N–H and O–H groups in total. The van der Waals surface area contributed by atoms with Gasteiger partial charge in [-0.2, -0.15) is 0 Å². The zero-order valence-corrected chi connectivity index (χ0v) is 17.2. The number of ether oxygens (including phenoxy) is 1. The van der Waals surface area contributed by atoms with Crippen LogP contribution >= 0.6 is 0 Å². The van der Waals surface area contributed by atoms with Gasteiger partial charge in [0.25, 0.3) is 5.91 Å². The van der Waals surface area contributed by atoms with Crippen molar-refractivity contribution in [1.82, 2.24) is 9.47 Å². The van der Waals surface area contributed by atoms with E-state index in [0.29, 0.717) is 18.0 Å². The predicted octanol–water partition coefficient (Wildman–Crippen LogP) is 4.18. The third-order valence-corrected chi connectivity index (χ3v) is 6.74. The summed E-state index contributed by atoms with van der Waals surface area (Å²) in [4.78, 5) is 26.8. The molecular weight excluding hydrogens is 352 g/mol. The van der Waals surface area contributed by atoms with Crippen molar-refractivity contribution in [3.63, 3.8) is 0 Å². The molecule has 1 aromatic heterocycles. The molecule has 0 bridgehead atoms. The fourth-order valence-electron chi connectivity index (χ4n) is 5.22. The molecule has 3 aliphatic rings. The van der Waals surface area contributed by atoms with Crippen LogP contribution in [-0.4, -0.2) is 40.5 Å². The second-order valence-electron chi connectivity index (χ2n) is 8.71. The number of piperidine rings is 1. The summed E-state index contributed by atoms with van der Waals surface area (Å²) in [6, 6.07) is 3.09. The maximum Gasteiger partial charge on any atom is 0.331 e. The van der Waals surface area contributed by atoms with Crippen molar-refractivity contribution in [2.45, 2.75) is 77.3 Å². The van der Waals surface area contributed by atoms with Gasteiger partial charge in [0.2, 0.25) is 0 Å². The summed E-state index contributed by atoms with van der Waals surface area (Å²) in [6.45, 7) is 4.86. The SMILES string of the molecule is Cc1cc(/C=C/C(=O)OCC(=O)N2CCC[C@@H]3CCCC[C@H]32)c(C)n1C1CC1. The second kappa shape index (κ2) is 8.14. The lowest BCUT2D eigenvalue weighted by molar-refractivity contribution is -0.151. The van der Waals surface area contributed by atoms with Crippen molar-refractivity contribution in [1.29, 1.82) is 0 Å². The van der Waals surface area contributed by atoms with E-state index in [-0.39, 0.29) is 12.5 Å². The number of carbonyl (C=O) groups is 2. The molecule has 4 rings (SSSR count). The zero-order chi connectivity index (χ0) is 19.7. The van der Waals surface area contributed by atoms with E-state index in [1.165, 1.54) is 56.0 Å². The fourth-order valence-corrected chi connectivity index (χ4v) is 5.22. The van der Waals surface area contributed by atoms with E-state index in [1.807, 2.05) is 11.0 Å². The maximum atomic E-state index is 12.6. The molecule has 152 valence electrons. The first-order valence-electron chi connectivity index (χ1n) is 10.9. The highest BCUT2D eigenvalue weighted by Crippen LogP contribution is 2.38. The summed E-state index contributed by atoms with van der Waals surface area (Å²) < 4.78 is 7.62. The van der Waals surface area contributed by atoms with Crippen molar-refractivity contribution >= 4 is 18.0 Å². The molecule has 5 nitrogen and oxygen atoms in total.